The minimum Gasteiger partial charge on any atom is -0.495 e. The Morgan fingerprint density at radius 1 is 1.23 bits per heavy atom. The number of anilines is 1. The number of carbonyl (C=O) groups is 1. The molecule has 0 unspecified atom stereocenters. The third-order valence-corrected chi connectivity index (χ3v) is 5.13. The number of nitrogen functional groups attached to an aromatic ring is 1. The van der Waals surface area contributed by atoms with Gasteiger partial charge in [-0.3, -0.25) is 4.79 Å². The van der Waals surface area contributed by atoms with Crippen LogP contribution in [0.4, 0.5) is 5.69 Å². The maximum absolute atomic E-state index is 12.2. The number of thioether (sulfide) groups is 1. The topological polar surface area (TPSA) is 95.1 Å². The van der Waals surface area contributed by atoms with E-state index in [0.29, 0.717) is 22.4 Å². The molecule has 0 radical (unpaired) electrons. The summed E-state index contributed by atoms with van der Waals surface area (Å²) in [6.07, 6.45) is 0. The lowest BCUT2D eigenvalue weighted by molar-refractivity contribution is -0.113. The Morgan fingerprint density at radius 3 is 2.73 bits per heavy atom. The van der Waals surface area contributed by atoms with Gasteiger partial charge in [0, 0.05) is 10.0 Å². The molecule has 2 aromatic carbocycles. The Labute approximate surface area is 163 Å². The fourth-order valence-electron chi connectivity index (χ4n) is 2.27. The lowest BCUT2D eigenvalue weighted by atomic mass is 10.2. The largest absolute Gasteiger partial charge is 0.495 e. The molecule has 26 heavy (non-hydrogen) atoms. The zero-order valence-corrected chi connectivity index (χ0v) is 16.3. The number of amides is 1. The molecular formula is C17H16BrN5O2S. The van der Waals surface area contributed by atoms with E-state index in [-0.39, 0.29) is 11.7 Å². The molecule has 1 heterocycles. The molecule has 1 aromatic heterocycles. The number of rotatable bonds is 6. The Bertz CT molecular complexity index is 931. The molecule has 134 valence electrons. The first kappa shape index (κ1) is 18.3. The number of nitrogens with zero attached hydrogens (tertiary/aromatic N) is 3. The van der Waals surface area contributed by atoms with Gasteiger partial charge in [-0.05, 0) is 24.3 Å². The number of aromatic nitrogens is 3. The van der Waals surface area contributed by atoms with E-state index in [4.69, 9.17) is 10.6 Å². The molecule has 3 aromatic rings. The van der Waals surface area contributed by atoms with E-state index in [1.807, 2.05) is 36.4 Å². The zero-order chi connectivity index (χ0) is 18.5. The third-order valence-electron chi connectivity index (χ3n) is 3.49. The van der Waals surface area contributed by atoms with Crippen molar-refractivity contribution in [2.24, 2.45) is 0 Å². The predicted molar refractivity (Wildman–Crippen MR) is 106 cm³/mol. The number of ether oxygens (including phenoxy) is 1. The first-order valence-corrected chi connectivity index (χ1v) is 9.39. The molecule has 0 aliphatic heterocycles. The van der Waals surface area contributed by atoms with Crippen LogP contribution in [0.1, 0.15) is 0 Å². The Hall–Kier alpha value is -2.52. The van der Waals surface area contributed by atoms with Gasteiger partial charge in [-0.25, -0.2) is 4.68 Å². The number of halogens is 1. The fourth-order valence-corrected chi connectivity index (χ4v) is 3.38. The van der Waals surface area contributed by atoms with Gasteiger partial charge in [0.1, 0.15) is 5.75 Å². The zero-order valence-electron chi connectivity index (χ0n) is 13.8. The molecule has 7 nitrogen and oxygen atoms in total. The first-order chi connectivity index (χ1) is 12.6. The minimum atomic E-state index is -0.190. The molecule has 0 aliphatic rings. The summed E-state index contributed by atoms with van der Waals surface area (Å²) < 4.78 is 7.46. The number of methoxy groups -OCH3 is 1. The SMILES string of the molecule is COc1ccccc1NC(=O)CSc1nnc(-c2ccccc2Br)n1N. The predicted octanol–water partition coefficient (Wildman–Crippen LogP) is 3.16. The molecular weight excluding hydrogens is 418 g/mol. The van der Waals surface area contributed by atoms with Crippen LogP contribution >= 0.6 is 27.7 Å². The second-order valence-corrected chi connectivity index (χ2v) is 6.99. The molecule has 9 heteroatoms. The third kappa shape index (κ3) is 4.00. The van der Waals surface area contributed by atoms with Crippen molar-refractivity contribution in [3.8, 4) is 17.1 Å². The van der Waals surface area contributed by atoms with Crippen molar-refractivity contribution in [2.45, 2.75) is 5.16 Å². The highest BCUT2D eigenvalue weighted by Crippen LogP contribution is 2.28. The Morgan fingerprint density at radius 2 is 1.96 bits per heavy atom. The lowest BCUT2D eigenvalue weighted by Gasteiger charge is -2.09. The average molecular weight is 434 g/mol. The number of hydrogen-bond donors (Lipinski definition) is 2. The molecule has 0 atom stereocenters. The molecule has 3 rings (SSSR count). The van der Waals surface area contributed by atoms with Crippen molar-refractivity contribution < 1.29 is 9.53 Å². The van der Waals surface area contributed by atoms with Gasteiger partial charge in [0.25, 0.3) is 0 Å². The van der Waals surface area contributed by atoms with E-state index in [9.17, 15) is 4.79 Å². The van der Waals surface area contributed by atoms with Gasteiger partial charge in [-0.1, -0.05) is 52.0 Å². The molecule has 0 fully saturated rings. The van der Waals surface area contributed by atoms with Crippen molar-refractivity contribution in [1.82, 2.24) is 14.9 Å². The van der Waals surface area contributed by atoms with Crippen LogP contribution in [0.25, 0.3) is 11.4 Å². The Kier molecular flexibility index (Phi) is 5.79. The van der Waals surface area contributed by atoms with Gasteiger partial charge < -0.3 is 15.9 Å². The first-order valence-electron chi connectivity index (χ1n) is 7.61. The van der Waals surface area contributed by atoms with Gasteiger partial charge in [-0.2, -0.15) is 0 Å². The maximum Gasteiger partial charge on any atom is 0.234 e. The Balaban J connectivity index is 1.67. The van der Waals surface area contributed by atoms with Crippen LogP contribution in [0.5, 0.6) is 5.75 Å². The molecule has 0 bridgehead atoms. The van der Waals surface area contributed by atoms with Crippen LogP contribution in [0.15, 0.2) is 58.2 Å². The molecule has 0 saturated heterocycles. The van der Waals surface area contributed by atoms with Gasteiger partial charge in [0.2, 0.25) is 11.1 Å². The van der Waals surface area contributed by atoms with Gasteiger partial charge in [-0.15, -0.1) is 10.2 Å². The van der Waals surface area contributed by atoms with E-state index < -0.39 is 0 Å². The smallest absolute Gasteiger partial charge is 0.234 e. The quantitative estimate of drug-likeness (QED) is 0.457. The number of para-hydroxylation sites is 2. The fraction of sp³-hybridized carbons (Fsp3) is 0.118. The van der Waals surface area contributed by atoms with Crippen LogP contribution in [0, 0.1) is 0 Å². The summed E-state index contributed by atoms with van der Waals surface area (Å²) in [6, 6.07) is 14.8. The van der Waals surface area contributed by atoms with Crippen LogP contribution in [0.2, 0.25) is 0 Å². The normalized spacial score (nSPS) is 10.5. The number of benzene rings is 2. The van der Waals surface area contributed by atoms with Crippen molar-refractivity contribution in [3.05, 3.63) is 53.0 Å². The molecule has 0 saturated carbocycles. The molecule has 1 amide bonds. The van der Waals surface area contributed by atoms with Crippen LogP contribution < -0.4 is 15.9 Å². The summed E-state index contributed by atoms with van der Waals surface area (Å²) in [5, 5.41) is 11.5. The highest BCUT2D eigenvalue weighted by Gasteiger charge is 2.16. The minimum absolute atomic E-state index is 0.142. The lowest BCUT2D eigenvalue weighted by Crippen LogP contribution is -2.16. The summed E-state index contributed by atoms with van der Waals surface area (Å²) in [5.74, 6) is 7.16. The summed E-state index contributed by atoms with van der Waals surface area (Å²) in [7, 11) is 1.56. The molecule has 3 N–H and O–H groups in total. The number of hydrogen-bond acceptors (Lipinski definition) is 6. The maximum atomic E-state index is 12.2. The number of carbonyl (C=O) groups excluding carboxylic acids is 1. The summed E-state index contributed by atoms with van der Waals surface area (Å²) in [4.78, 5) is 12.2. The number of nitrogens with two attached hydrogens (primary N) is 1. The van der Waals surface area contributed by atoms with Crippen molar-refractivity contribution in [2.75, 3.05) is 24.0 Å². The summed E-state index contributed by atoms with van der Waals surface area (Å²) in [6.45, 7) is 0. The summed E-state index contributed by atoms with van der Waals surface area (Å²) in [5.41, 5.74) is 1.44. The van der Waals surface area contributed by atoms with E-state index in [1.165, 1.54) is 16.4 Å². The average Bonchev–Trinajstić information content (AvgIpc) is 3.01. The second-order valence-electron chi connectivity index (χ2n) is 5.19. The van der Waals surface area contributed by atoms with Gasteiger partial charge in [0.05, 0.1) is 18.6 Å². The monoisotopic (exact) mass is 433 g/mol. The number of nitrogens with one attached hydrogen (secondary N) is 1. The van der Waals surface area contributed by atoms with Crippen LogP contribution in [-0.4, -0.2) is 33.6 Å². The molecule has 0 aliphatic carbocycles. The van der Waals surface area contributed by atoms with E-state index in [1.54, 1.807) is 19.2 Å². The van der Waals surface area contributed by atoms with Crippen molar-refractivity contribution in [1.29, 1.82) is 0 Å². The molecule has 0 spiro atoms. The summed E-state index contributed by atoms with van der Waals surface area (Å²) >= 11 is 4.68. The van der Waals surface area contributed by atoms with E-state index in [0.717, 1.165) is 10.0 Å². The highest BCUT2D eigenvalue weighted by molar-refractivity contribution is 9.10. The van der Waals surface area contributed by atoms with Crippen LogP contribution in [0.3, 0.4) is 0 Å². The highest BCUT2D eigenvalue weighted by atomic mass is 79.9. The van der Waals surface area contributed by atoms with Gasteiger partial charge in [0.15, 0.2) is 5.82 Å². The second kappa shape index (κ2) is 8.24. The van der Waals surface area contributed by atoms with Crippen molar-refractivity contribution in [3.63, 3.8) is 0 Å². The van der Waals surface area contributed by atoms with Gasteiger partial charge >= 0.3 is 0 Å². The van der Waals surface area contributed by atoms with E-state index in [2.05, 4.69) is 31.4 Å². The van der Waals surface area contributed by atoms with Crippen LogP contribution in [-0.2, 0) is 4.79 Å². The van der Waals surface area contributed by atoms with Crippen molar-refractivity contribution >= 4 is 39.3 Å². The van der Waals surface area contributed by atoms with E-state index >= 15 is 0 Å². The standard InChI is InChI=1S/C17H16BrN5O2S/c1-25-14-9-5-4-8-13(14)20-15(24)10-26-17-22-21-16(23(17)19)11-6-2-3-7-12(11)18/h2-9H,10,19H2,1H3,(H,20,24).